The fraction of sp³-hybridized carbons (Fsp3) is 0.308. The van der Waals surface area contributed by atoms with Crippen LogP contribution in [0.3, 0.4) is 0 Å². The van der Waals surface area contributed by atoms with E-state index in [-0.39, 0.29) is 13.0 Å². The van der Waals surface area contributed by atoms with Crippen LogP contribution < -0.4 is 4.74 Å². The second-order valence-electron chi connectivity index (χ2n) is 4.09. The lowest BCUT2D eigenvalue weighted by atomic mass is 10.3. The van der Waals surface area contributed by atoms with E-state index in [4.69, 9.17) is 14.9 Å². The molecule has 0 aromatic heterocycles. The van der Waals surface area contributed by atoms with Gasteiger partial charge in [-0.05, 0) is 18.2 Å². The van der Waals surface area contributed by atoms with Crippen LogP contribution in [-0.4, -0.2) is 52.7 Å². The molecule has 1 aromatic rings. The standard InChI is InChI=1S/C13H14BrNO6/c14-9-2-1-3-10(6-9)21-5-4-11(16)15(7-12(17)18)8-13(19)20/h1-3,6H,4-5,7-8H2,(H,17,18)(H,19,20). The zero-order valence-corrected chi connectivity index (χ0v) is 12.6. The molecule has 8 heteroatoms. The van der Waals surface area contributed by atoms with Crippen molar-refractivity contribution in [2.24, 2.45) is 0 Å². The van der Waals surface area contributed by atoms with Crippen molar-refractivity contribution in [2.75, 3.05) is 19.7 Å². The number of carbonyl (C=O) groups excluding carboxylic acids is 1. The van der Waals surface area contributed by atoms with Crippen LogP contribution in [0.4, 0.5) is 0 Å². The Labute approximate surface area is 129 Å². The first kappa shape index (κ1) is 17.0. The molecule has 7 nitrogen and oxygen atoms in total. The topological polar surface area (TPSA) is 104 Å². The maximum Gasteiger partial charge on any atom is 0.323 e. The van der Waals surface area contributed by atoms with Gasteiger partial charge in [0, 0.05) is 4.47 Å². The van der Waals surface area contributed by atoms with Gasteiger partial charge in [0.05, 0.1) is 13.0 Å². The van der Waals surface area contributed by atoms with E-state index in [0.717, 1.165) is 9.37 Å². The molecule has 1 rings (SSSR count). The van der Waals surface area contributed by atoms with Crippen LogP contribution in [0.25, 0.3) is 0 Å². The van der Waals surface area contributed by atoms with E-state index >= 15 is 0 Å². The molecule has 0 aliphatic heterocycles. The SMILES string of the molecule is O=C(O)CN(CC(=O)O)C(=O)CCOc1cccc(Br)c1. The molecule has 0 spiro atoms. The van der Waals surface area contributed by atoms with Gasteiger partial charge in [0.1, 0.15) is 18.8 Å². The number of hydrogen-bond donors (Lipinski definition) is 2. The number of benzene rings is 1. The van der Waals surface area contributed by atoms with Crippen LogP contribution in [-0.2, 0) is 14.4 Å². The summed E-state index contributed by atoms with van der Waals surface area (Å²) in [6.45, 7) is -1.27. The lowest BCUT2D eigenvalue weighted by Gasteiger charge is -2.18. The first-order chi connectivity index (χ1) is 9.88. The summed E-state index contributed by atoms with van der Waals surface area (Å²) in [5.74, 6) is -2.56. The molecule has 0 bridgehead atoms. The molecule has 114 valence electrons. The fourth-order valence-electron chi connectivity index (χ4n) is 1.53. The molecule has 2 N–H and O–H groups in total. The molecule has 0 unspecified atom stereocenters. The number of ether oxygens (including phenoxy) is 1. The molecule has 0 fully saturated rings. The van der Waals surface area contributed by atoms with Crippen molar-refractivity contribution in [2.45, 2.75) is 6.42 Å². The lowest BCUT2D eigenvalue weighted by molar-refractivity contribution is -0.149. The molecule has 0 saturated carbocycles. The molecule has 0 aliphatic carbocycles. The third kappa shape index (κ3) is 6.75. The zero-order valence-electron chi connectivity index (χ0n) is 11.0. The summed E-state index contributed by atoms with van der Waals surface area (Å²) < 4.78 is 6.17. The quantitative estimate of drug-likeness (QED) is 0.722. The molecule has 0 aliphatic rings. The highest BCUT2D eigenvalue weighted by Crippen LogP contribution is 2.17. The average molecular weight is 360 g/mol. The van der Waals surface area contributed by atoms with E-state index in [2.05, 4.69) is 15.9 Å². The van der Waals surface area contributed by atoms with Crippen molar-refractivity contribution in [1.82, 2.24) is 4.90 Å². The number of carboxylic acids is 2. The van der Waals surface area contributed by atoms with E-state index in [1.165, 1.54) is 0 Å². The largest absolute Gasteiger partial charge is 0.493 e. The van der Waals surface area contributed by atoms with Crippen LogP contribution in [0.1, 0.15) is 6.42 Å². The Bertz CT molecular complexity index is 517. The Hall–Kier alpha value is -2.09. The Morgan fingerprint density at radius 1 is 1.14 bits per heavy atom. The number of amides is 1. The van der Waals surface area contributed by atoms with Crippen molar-refractivity contribution in [3.63, 3.8) is 0 Å². The van der Waals surface area contributed by atoms with E-state index < -0.39 is 30.9 Å². The zero-order chi connectivity index (χ0) is 15.8. The van der Waals surface area contributed by atoms with Crippen LogP contribution in [0.15, 0.2) is 28.7 Å². The molecule has 21 heavy (non-hydrogen) atoms. The van der Waals surface area contributed by atoms with Gasteiger partial charge in [-0.2, -0.15) is 0 Å². The van der Waals surface area contributed by atoms with Crippen LogP contribution in [0.2, 0.25) is 0 Å². The maximum atomic E-state index is 11.8. The fourth-order valence-corrected chi connectivity index (χ4v) is 1.91. The Balaban J connectivity index is 2.49. The monoisotopic (exact) mass is 359 g/mol. The maximum absolute atomic E-state index is 11.8. The molecule has 1 aromatic carbocycles. The normalized spacial score (nSPS) is 9.95. The summed E-state index contributed by atoms with van der Waals surface area (Å²) in [4.78, 5) is 33.8. The number of nitrogens with zero attached hydrogens (tertiary/aromatic N) is 1. The number of hydrogen-bond acceptors (Lipinski definition) is 4. The van der Waals surface area contributed by atoms with Crippen molar-refractivity contribution < 1.29 is 29.3 Å². The van der Waals surface area contributed by atoms with Gasteiger partial charge in [0.2, 0.25) is 5.91 Å². The van der Waals surface area contributed by atoms with Gasteiger partial charge < -0.3 is 19.8 Å². The van der Waals surface area contributed by atoms with Crippen molar-refractivity contribution >= 4 is 33.8 Å². The van der Waals surface area contributed by atoms with Gasteiger partial charge in [-0.1, -0.05) is 22.0 Å². The predicted molar refractivity (Wildman–Crippen MR) is 76.1 cm³/mol. The summed E-state index contributed by atoms with van der Waals surface area (Å²) in [6, 6.07) is 7.01. The van der Waals surface area contributed by atoms with Crippen molar-refractivity contribution in [1.29, 1.82) is 0 Å². The van der Waals surface area contributed by atoms with Gasteiger partial charge in [-0.3, -0.25) is 14.4 Å². The van der Waals surface area contributed by atoms with Crippen LogP contribution >= 0.6 is 15.9 Å². The number of halogens is 1. The van der Waals surface area contributed by atoms with Crippen LogP contribution in [0, 0.1) is 0 Å². The highest BCUT2D eigenvalue weighted by atomic mass is 79.9. The number of aliphatic carboxylic acids is 2. The Morgan fingerprint density at radius 3 is 2.29 bits per heavy atom. The second-order valence-corrected chi connectivity index (χ2v) is 5.01. The van der Waals surface area contributed by atoms with Gasteiger partial charge >= 0.3 is 11.9 Å². The molecule has 0 heterocycles. The third-order valence-corrected chi connectivity index (χ3v) is 2.88. The van der Waals surface area contributed by atoms with E-state index in [1.807, 2.05) is 6.07 Å². The first-order valence-electron chi connectivity index (χ1n) is 5.98. The van der Waals surface area contributed by atoms with Gasteiger partial charge in [-0.15, -0.1) is 0 Å². The minimum atomic E-state index is -1.27. The third-order valence-electron chi connectivity index (χ3n) is 2.39. The average Bonchev–Trinajstić information content (AvgIpc) is 2.36. The molecular weight excluding hydrogens is 346 g/mol. The minimum absolute atomic E-state index is 0.0328. The Kier molecular flexibility index (Phi) is 6.67. The smallest absolute Gasteiger partial charge is 0.323 e. The highest BCUT2D eigenvalue weighted by Gasteiger charge is 2.19. The summed E-state index contributed by atoms with van der Waals surface area (Å²) in [6.07, 6.45) is -0.104. The number of carbonyl (C=O) groups is 3. The van der Waals surface area contributed by atoms with E-state index in [1.54, 1.807) is 18.2 Å². The highest BCUT2D eigenvalue weighted by molar-refractivity contribution is 9.10. The van der Waals surface area contributed by atoms with E-state index in [0.29, 0.717) is 5.75 Å². The minimum Gasteiger partial charge on any atom is -0.493 e. The van der Waals surface area contributed by atoms with Gasteiger partial charge in [0.25, 0.3) is 0 Å². The summed E-state index contributed by atoms with van der Waals surface area (Å²) >= 11 is 3.27. The van der Waals surface area contributed by atoms with Crippen molar-refractivity contribution in [3.05, 3.63) is 28.7 Å². The Morgan fingerprint density at radius 2 is 1.76 bits per heavy atom. The molecular formula is C13H14BrNO6. The van der Waals surface area contributed by atoms with Gasteiger partial charge in [0.15, 0.2) is 0 Å². The summed E-state index contributed by atoms with van der Waals surface area (Å²) in [7, 11) is 0. The molecule has 1 amide bonds. The van der Waals surface area contributed by atoms with E-state index in [9.17, 15) is 14.4 Å². The first-order valence-corrected chi connectivity index (χ1v) is 6.77. The summed E-state index contributed by atoms with van der Waals surface area (Å²) in [5, 5.41) is 17.3. The van der Waals surface area contributed by atoms with Gasteiger partial charge in [-0.25, -0.2) is 0 Å². The number of rotatable bonds is 8. The number of carboxylic acid groups (broad SMARTS) is 2. The van der Waals surface area contributed by atoms with Crippen molar-refractivity contribution in [3.8, 4) is 5.75 Å². The summed E-state index contributed by atoms with van der Waals surface area (Å²) in [5.41, 5.74) is 0. The molecule has 0 radical (unpaired) electrons. The molecule has 0 atom stereocenters. The van der Waals surface area contributed by atoms with Crippen LogP contribution in [0.5, 0.6) is 5.75 Å². The molecule has 0 saturated heterocycles. The lowest BCUT2D eigenvalue weighted by Crippen LogP contribution is -2.39. The predicted octanol–water partition coefficient (Wildman–Crippen LogP) is 1.22. The second kappa shape index (κ2) is 8.25.